The first-order valence-corrected chi connectivity index (χ1v) is 8.76. The molecule has 0 bridgehead atoms. The Hall–Kier alpha value is -2.84. The third kappa shape index (κ3) is 4.18. The van der Waals surface area contributed by atoms with Crippen LogP contribution in [0.1, 0.15) is 31.9 Å². The fourth-order valence-electron chi connectivity index (χ4n) is 2.90. The van der Waals surface area contributed by atoms with Gasteiger partial charge in [-0.05, 0) is 41.7 Å². The lowest BCUT2D eigenvalue weighted by Crippen LogP contribution is -2.22. The van der Waals surface area contributed by atoms with Crippen molar-refractivity contribution in [3.63, 3.8) is 0 Å². The number of nitrogens with zero attached hydrogens (tertiary/aromatic N) is 3. The van der Waals surface area contributed by atoms with Crippen molar-refractivity contribution in [3.05, 3.63) is 29.3 Å². The second kappa shape index (κ2) is 6.96. The van der Waals surface area contributed by atoms with Crippen LogP contribution >= 0.6 is 0 Å². The van der Waals surface area contributed by atoms with Crippen molar-refractivity contribution in [2.24, 2.45) is 0 Å². The van der Waals surface area contributed by atoms with E-state index in [1.807, 2.05) is 27.7 Å². The van der Waals surface area contributed by atoms with Crippen LogP contribution in [0.4, 0.5) is 24.9 Å². The second-order valence-corrected chi connectivity index (χ2v) is 7.63. The van der Waals surface area contributed by atoms with Gasteiger partial charge in [0.1, 0.15) is 12.2 Å². The van der Waals surface area contributed by atoms with Gasteiger partial charge < -0.3 is 15.1 Å². The largest absolute Gasteiger partial charge is 0.405 e. The monoisotopic (exact) mass is 393 g/mol. The fraction of sp³-hybridized carbons (Fsp3) is 0.421. The maximum absolute atomic E-state index is 12.6. The summed E-state index contributed by atoms with van der Waals surface area (Å²) in [4.78, 5) is 4.70. The second-order valence-electron chi connectivity index (χ2n) is 7.63. The Balaban J connectivity index is 2.17. The smallest absolute Gasteiger partial charge is 0.402 e. The van der Waals surface area contributed by atoms with Crippen molar-refractivity contribution in [2.45, 2.75) is 39.3 Å². The van der Waals surface area contributed by atoms with Gasteiger partial charge in [-0.2, -0.15) is 13.2 Å². The van der Waals surface area contributed by atoms with Crippen molar-refractivity contribution in [3.8, 4) is 11.6 Å². The zero-order valence-corrected chi connectivity index (χ0v) is 16.3. The van der Waals surface area contributed by atoms with Gasteiger partial charge in [0.25, 0.3) is 5.89 Å². The number of benzene rings is 1. The summed E-state index contributed by atoms with van der Waals surface area (Å²) < 4.78 is 43.4. The number of anilines is 2. The highest BCUT2D eigenvalue weighted by Gasteiger charge is 2.27. The van der Waals surface area contributed by atoms with Gasteiger partial charge >= 0.3 is 12.2 Å². The normalized spacial score (nSPS) is 12.4. The minimum atomic E-state index is -4.29. The Morgan fingerprint density at radius 2 is 1.79 bits per heavy atom. The van der Waals surface area contributed by atoms with E-state index in [4.69, 9.17) is 9.40 Å². The SMILES string of the molecule is CNc1nnc(-c2cc(C)c3cc(NCC(F)(F)F)cc(C(C)(C)C)c3n2)o1. The molecule has 3 aromatic rings. The number of halogens is 3. The molecule has 6 nitrogen and oxygen atoms in total. The molecular weight excluding hydrogens is 371 g/mol. The van der Waals surface area contributed by atoms with E-state index in [0.717, 1.165) is 16.5 Å². The fourth-order valence-corrected chi connectivity index (χ4v) is 2.90. The molecule has 1 aromatic carbocycles. The summed E-state index contributed by atoms with van der Waals surface area (Å²) in [7, 11) is 1.67. The Kier molecular flexibility index (Phi) is 4.95. The van der Waals surface area contributed by atoms with E-state index < -0.39 is 12.7 Å². The van der Waals surface area contributed by atoms with Crippen molar-refractivity contribution in [1.29, 1.82) is 0 Å². The summed E-state index contributed by atoms with van der Waals surface area (Å²) in [6.45, 7) is 6.75. The number of nitrogens with one attached hydrogen (secondary N) is 2. The Morgan fingerprint density at radius 1 is 1.07 bits per heavy atom. The van der Waals surface area contributed by atoms with Crippen LogP contribution in [0, 0.1) is 6.92 Å². The minimum Gasteiger partial charge on any atom is -0.402 e. The maximum atomic E-state index is 12.6. The third-order valence-electron chi connectivity index (χ3n) is 4.28. The van der Waals surface area contributed by atoms with Gasteiger partial charge in [-0.25, -0.2) is 4.98 Å². The number of pyridine rings is 1. The predicted octanol–water partition coefficient (Wildman–Crippen LogP) is 4.91. The molecule has 0 aliphatic carbocycles. The van der Waals surface area contributed by atoms with Gasteiger partial charge in [0.15, 0.2) is 0 Å². The van der Waals surface area contributed by atoms with Gasteiger partial charge in [-0.15, -0.1) is 5.10 Å². The van der Waals surface area contributed by atoms with Gasteiger partial charge in [0.05, 0.1) is 5.52 Å². The summed E-state index contributed by atoms with van der Waals surface area (Å²) >= 11 is 0. The molecule has 0 unspecified atom stereocenters. The molecule has 0 radical (unpaired) electrons. The number of rotatable bonds is 4. The molecule has 0 aliphatic rings. The van der Waals surface area contributed by atoms with E-state index in [2.05, 4.69) is 20.8 Å². The lowest BCUT2D eigenvalue weighted by molar-refractivity contribution is -0.115. The lowest BCUT2D eigenvalue weighted by Gasteiger charge is -2.23. The summed E-state index contributed by atoms with van der Waals surface area (Å²) in [5, 5.41) is 13.9. The van der Waals surface area contributed by atoms with Crippen LogP contribution < -0.4 is 10.6 Å². The van der Waals surface area contributed by atoms with Crippen LogP contribution in [0.15, 0.2) is 22.6 Å². The van der Waals surface area contributed by atoms with Crippen LogP contribution in [0.25, 0.3) is 22.5 Å². The molecule has 0 amide bonds. The van der Waals surface area contributed by atoms with Gasteiger partial charge in [0.2, 0.25) is 0 Å². The van der Waals surface area contributed by atoms with Crippen LogP contribution in [0.2, 0.25) is 0 Å². The molecule has 0 saturated carbocycles. The van der Waals surface area contributed by atoms with Crippen LogP contribution in [0.5, 0.6) is 0 Å². The first-order valence-electron chi connectivity index (χ1n) is 8.76. The lowest BCUT2D eigenvalue weighted by atomic mass is 9.84. The van der Waals surface area contributed by atoms with E-state index in [1.165, 1.54) is 0 Å². The van der Waals surface area contributed by atoms with E-state index in [-0.39, 0.29) is 17.3 Å². The summed E-state index contributed by atoms with van der Waals surface area (Å²) in [6.07, 6.45) is -4.29. The number of alkyl halides is 3. The molecule has 2 aromatic heterocycles. The van der Waals surface area contributed by atoms with Crippen molar-refractivity contribution < 1.29 is 17.6 Å². The highest BCUT2D eigenvalue weighted by atomic mass is 19.4. The Bertz CT molecular complexity index is 1010. The molecule has 9 heteroatoms. The number of aryl methyl sites for hydroxylation is 1. The summed E-state index contributed by atoms with van der Waals surface area (Å²) in [5.41, 5.74) is 2.96. The molecule has 2 heterocycles. The van der Waals surface area contributed by atoms with Crippen molar-refractivity contribution in [1.82, 2.24) is 15.2 Å². The molecule has 0 fully saturated rings. The average Bonchev–Trinajstić information content (AvgIpc) is 3.07. The van der Waals surface area contributed by atoms with E-state index in [1.54, 1.807) is 25.2 Å². The van der Waals surface area contributed by atoms with Gasteiger partial charge in [-0.3, -0.25) is 0 Å². The average molecular weight is 393 g/mol. The highest BCUT2D eigenvalue weighted by molar-refractivity contribution is 5.90. The molecule has 28 heavy (non-hydrogen) atoms. The van der Waals surface area contributed by atoms with Crippen LogP contribution in [-0.2, 0) is 5.41 Å². The highest BCUT2D eigenvalue weighted by Crippen LogP contribution is 2.35. The van der Waals surface area contributed by atoms with E-state index in [9.17, 15) is 13.2 Å². The number of hydrogen-bond acceptors (Lipinski definition) is 6. The number of fused-ring (bicyclic) bond motifs is 1. The first-order chi connectivity index (χ1) is 13.0. The van der Waals surface area contributed by atoms with Crippen LogP contribution in [-0.4, -0.2) is 35.0 Å². The predicted molar refractivity (Wildman–Crippen MR) is 103 cm³/mol. The quantitative estimate of drug-likeness (QED) is 0.656. The first kappa shape index (κ1) is 19.9. The molecule has 0 atom stereocenters. The van der Waals surface area contributed by atoms with Gasteiger partial charge in [0, 0.05) is 18.1 Å². The zero-order valence-electron chi connectivity index (χ0n) is 16.3. The summed E-state index contributed by atoms with van der Waals surface area (Å²) in [6, 6.07) is 5.47. The number of aromatic nitrogens is 3. The van der Waals surface area contributed by atoms with Crippen molar-refractivity contribution in [2.75, 3.05) is 24.2 Å². The Labute approximate surface area is 160 Å². The molecule has 0 aliphatic heterocycles. The molecule has 0 saturated heterocycles. The van der Waals surface area contributed by atoms with Gasteiger partial charge in [-0.1, -0.05) is 25.9 Å². The third-order valence-corrected chi connectivity index (χ3v) is 4.28. The topological polar surface area (TPSA) is 75.9 Å². The molecular formula is C19H22F3N5O. The van der Waals surface area contributed by atoms with E-state index >= 15 is 0 Å². The van der Waals surface area contributed by atoms with Crippen LogP contribution in [0.3, 0.4) is 0 Å². The standard InChI is InChI=1S/C19H22F3N5O/c1-10-6-14(16-26-27-17(23-5)28-16)25-15-12(10)7-11(24-9-19(20,21)22)8-13(15)18(2,3)4/h6-8,24H,9H2,1-5H3,(H,23,27). The minimum absolute atomic E-state index is 0.272. The summed E-state index contributed by atoms with van der Waals surface area (Å²) in [5.74, 6) is 0.272. The molecule has 0 spiro atoms. The maximum Gasteiger partial charge on any atom is 0.405 e. The van der Waals surface area contributed by atoms with Crippen molar-refractivity contribution >= 4 is 22.6 Å². The van der Waals surface area contributed by atoms with E-state index in [0.29, 0.717) is 16.9 Å². The molecule has 150 valence electrons. The Morgan fingerprint density at radius 3 is 2.36 bits per heavy atom. The number of hydrogen-bond donors (Lipinski definition) is 2. The zero-order chi connectivity index (χ0) is 20.7. The molecule has 3 rings (SSSR count). The molecule has 2 N–H and O–H groups in total.